The summed E-state index contributed by atoms with van der Waals surface area (Å²) in [4.78, 5) is 4.68. The highest BCUT2D eigenvalue weighted by atomic mass is 32.2. The normalized spacial score (nSPS) is 27.9. The third kappa shape index (κ3) is 3.65. The molecule has 7 nitrogen and oxygen atoms in total. The molecule has 1 aromatic rings. The Bertz CT molecular complexity index is 670. The molecule has 0 unspecified atom stereocenters. The van der Waals surface area contributed by atoms with Gasteiger partial charge < -0.3 is 4.57 Å². The van der Waals surface area contributed by atoms with Gasteiger partial charge in [-0.25, -0.2) is 8.42 Å². The van der Waals surface area contributed by atoms with Gasteiger partial charge in [-0.3, -0.25) is 9.80 Å². The Kier molecular flexibility index (Phi) is 4.99. The van der Waals surface area contributed by atoms with Gasteiger partial charge in [-0.15, -0.1) is 10.2 Å². The molecule has 0 saturated carbocycles. The molecule has 2 saturated heterocycles. The number of aromatic nitrogens is 3. The third-order valence-corrected chi connectivity index (χ3v) is 6.75. The van der Waals surface area contributed by atoms with E-state index in [9.17, 15) is 8.42 Å². The van der Waals surface area contributed by atoms with E-state index in [1.54, 1.807) is 6.33 Å². The summed E-state index contributed by atoms with van der Waals surface area (Å²) >= 11 is 0. The smallest absolute Gasteiger partial charge is 0.153 e. The predicted molar refractivity (Wildman–Crippen MR) is 93.5 cm³/mol. The summed E-state index contributed by atoms with van der Waals surface area (Å²) in [5, 5.41) is 8.29. The van der Waals surface area contributed by atoms with Gasteiger partial charge >= 0.3 is 0 Å². The number of nitrogens with zero attached hydrogens (tertiary/aromatic N) is 5. The molecule has 0 bridgehead atoms. The lowest BCUT2D eigenvalue weighted by Gasteiger charge is -2.44. The highest BCUT2D eigenvalue weighted by molar-refractivity contribution is 7.91. The number of hydrogen-bond acceptors (Lipinski definition) is 6. The van der Waals surface area contributed by atoms with Crippen molar-refractivity contribution >= 4 is 9.84 Å². The Morgan fingerprint density at radius 2 is 1.75 bits per heavy atom. The molecule has 0 spiro atoms. The van der Waals surface area contributed by atoms with Gasteiger partial charge in [0.25, 0.3) is 0 Å². The number of hydrogen-bond donors (Lipinski definition) is 0. The van der Waals surface area contributed by atoms with Gasteiger partial charge in [-0.05, 0) is 19.8 Å². The summed E-state index contributed by atoms with van der Waals surface area (Å²) in [6.45, 7) is 12.0. The van der Waals surface area contributed by atoms with Crippen LogP contribution in [0.2, 0.25) is 0 Å². The van der Waals surface area contributed by atoms with Crippen molar-refractivity contribution in [3.8, 4) is 0 Å². The van der Waals surface area contributed by atoms with E-state index in [4.69, 9.17) is 0 Å². The van der Waals surface area contributed by atoms with Gasteiger partial charge in [0.2, 0.25) is 0 Å². The molecule has 2 aliphatic heterocycles. The molecule has 0 aromatic carbocycles. The van der Waals surface area contributed by atoms with Crippen LogP contribution in [0.4, 0.5) is 0 Å². The maximum Gasteiger partial charge on any atom is 0.153 e. The van der Waals surface area contributed by atoms with Gasteiger partial charge in [0, 0.05) is 37.8 Å². The number of sulfone groups is 1. The quantitative estimate of drug-likeness (QED) is 0.778. The molecule has 0 amide bonds. The van der Waals surface area contributed by atoms with Gasteiger partial charge in [-0.2, -0.15) is 0 Å². The topological polar surface area (TPSA) is 71.3 Å². The van der Waals surface area contributed by atoms with E-state index in [-0.39, 0.29) is 23.6 Å². The highest BCUT2D eigenvalue weighted by Gasteiger charge is 2.46. The van der Waals surface area contributed by atoms with Gasteiger partial charge in [-0.1, -0.05) is 13.8 Å². The highest BCUT2D eigenvalue weighted by Crippen LogP contribution is 2.28. The zero-order chi connectivity index (χ0) is 17.5. The molecule has 1 aromatic heterocycles. The van der Waals surface area contributed by atoms with Gasteiger partial charge in [0.1, 0.15) is 12.2 Å². The van der Waals surface area contributed by atoms with Crippen LogP contribution >= 0.6 is 0 Å². The summed E-state index contributed by atoms with van der Waals surface area (Å²) in [6, 6.07) is 0.488. The van der Waals surface area contributed by atoms with E-state index in [1.807, 2.05) is 0 Å². The monoisotopic (exact) mass is 355 g/mol. The molecule has 2 aliphatic rings. The van der Waals surface area contributed by atoms with Crippen LogP contribution in [-0.4, -0.2) is 76.2 Å². The van der Waals surface area contributed by atoms with Crippen LogP contribution in [0.25, 0.3) is 0 Å². The standard InChI is InChI=1S/C16H29N5O2S/c1-12(2)7-19-5-6-20(15-10-24(22,23)9-14(15)19)8-16-18-17-11-21(16)13(3)4/h11-15H,5-10H2,1-4H3/t14-,15+/m0/s1. The molecule has 0 radical (unpaired) electrons. The van der Waals surface area contributed by atoms with Crippen molar-refractivity contribution in [3.63, 3.8) is 0 Å². The fourth-order valence-electron chi connectivity index (χ4n) is 3.98. The van der Waals surface area contributed by atoms with E-state index in [1.165, 1.54) is 0 Å². The Labute approximate surface area is 145 Å². The van der Waals surface area contributed by atoms with Crippen LogP contribution in [0, 0.1) is 5.92 Å². The summed E-state index contributed by atoms with van der Waals surface area (Å²) in [5.41, 5.74) is 0. The number of piperazine rings is 1. The molecule has 3 rings (SSSR count). The minimum atomic E-state index is -2.96. The van der Waals surface area contributed by atoms with E-state index < -0.39 is 9.84 Å². The van der Waals surface area contributed by atoms with Crippen molar-refractivity contribution in [2.75, 3.05) is 31.1 Å². The van der Waals surface area contributed by atoms with E-state index in [0.29, 0.717) is 18.5 Å². The number of rotatable bonds is 5. The molecule has 3 heterocycles. The molecule has 0 aliphatic carbocycles. The summed E-state index contributed by atoms with van der Waals surface area (Å²) < 4.78 is 26.6. The predicted octanol–water partition coefficient (Wildman–Crippen LogP) is 0.798. The minimum Gasteiger partial charge on any atom is -0.314 e. The van der Waals surface area contributed by atoms with Crippen molar-refractivity contribution in [1.29, 1.82) is 0 Å². The maximum absolute atomic E-state index is 12.3. The van der Waals surface area contributed by atoms with Gasteiger partial charge in [0.15, 0.2) is 9.84 Å². The Hall–Kier alpha value is -0.990. The minimum absolute atomic E-state index is 0.0693. The largest absolute Gasteiger partial charge is 0.314 e. The molecular formula is C16H29N5O2S. The summed E-state index contributed by atoms with van der Waals surface area (Å²) in [5.74, 6) is 2.02. The average molecular weight is 356 g/mol. The Balaban J connectivity index is 1.79. The maximum atomic E-state index is 12.3. The lowest BCUT2D eigenvalue weighted by Crippen LogP contribution is -2.59. The van der Waals surface area contributed by atoms with Crippen LogP contribution in [-0.2, 0) is 16.4 Å². The van der Waals surface area contributed by atoms with Gasteiger partial charge in [0.05, 0.1) is 18.1 Å². The second-order valence-electron chi connectivity index (χ2n) is 7.82. The van der Waals surface area contributed by atoms with Crippen LogP contribution in [0.5, 0.6) is 0 Å². The van der Waals surface area contributed by atoms with Crippen LogP contribution in [0.1, 0.15) is 39.6 Å². The molecule has 24 heavy (non-hydrogen) atoms. The summed E-state index contributed by atoms with van der Waals surface area (Å²) in [6.07, 6.45) is 1.76. The SMILES string of the molecule is CC(C)CN1CCN(Cc2nncn2C(C)C)[C@@H]2CS(=O)(=O)C[C@@H]21. The van der Waals surface area contributed by atoms with Crippen LogP contribution in [0.15, 0.2) is 6.33 Å². The first kappa shape index (κ1) is 17.8. The van der Waals surface area contributed by atoms with Crippen LogP contribution < -0.4 is 0 Å². The third-order valence-electron chi connectivity index (χ3n) is 5.05. The lowest BCUT2D eigenvalue weighted by atomic mass is 10.0. The fraction of sp³-hybridized carbons (Fsp3) is 0.875. The zero-order valence-electron chi connectivity index (χ0n) is 15.1. The van der Waals surface area contributed by atoms with Crippen molar-refractivity contribution in [2.45, 2.75) is 52.4 Å². The Morgan fingerprint density at radius 1 is 1.12 bits per heavy atom. The molecule has 8 heteroatoms. The zero-order valence-corrected chi connectivity index (χ0v) is 15.9. The fourth-order valence-corrected chi connectivity index (χ4v) is 6.02. The molecule has 0 N–H and O–H groups in total. The second-order valence-corrected chi connectivity index (χ2v) is 9.97. The molecular weight excluding hydrogens is 326 g/mol. The second kappa shape index (κ2) is 6.72. The summed E-state index contributed by atoms with van der Waals surface area (Å²) in [7, 11) is -2.96. The first-order valence-electron chi connectivity index (χ1n) is 8.83. The van der Waals surface area contributed by atoms with E-state index in [2.05, 4.69) is 52.3 Å². The molecule has 2 fully saturated rings. The van der Waals surface area contributed by atoms with Crippen molar-refractivity contribution < 1.29 is 8.42 Å². The van der Waals surface area contributed by atoms with Crippen molar-refractivity contribution in [1.82, 2.24) is 24.6 Å². The van der Waals surface area contributed by atoms with E-state index in [0.717, 1.165) is 25.5 Å². The lowest BCUT2D eigenvalue weighted by molar-refractivity contribution is 0.0315. The number of fused-ring (bicyclic) bond motifs is 1. The van der Waals surface area contributed by atoms with Crippen molar-refractivity contribution in [3.05, 3.63) is 12.2 Å². The first-order chi connectivity index (χ1) is 11.3. The Morgan fingerprint density at radius 3 is 2.38 bits per heavy atom. The molecule has 136 valence electrons. The van der Waals surface area contributed by atoms with Crippen molar-refractivity contribution in [2.24, 2.45) is 5.92 Å². The van der Waals surface area contributed by atoms with E-state index >= 15 is 0 Å². The van der Waals surface area contributed by atoms with Crippen LogP contribution in [0.3, 0.4) is 0 Å². The average Bonchev–Trinajstić information content (AvgIpc) is 3.04. The molecule has 2 atom stereocenters. The first-order valence-corrected chi connectivity index (χ1v) is 10.7.